The first-order chi connectivity index (χ1) is 7.78. The van der Waals surface area contributed by atoms with Crippen molar-refractivity contribution < 1.29 is 0 Å². The van der Waals surface area contributed by atoms with Gasteiger partial charge in [0.15, 0.2) is 0 Å². The minimum atomic E-state index is 0. The van der Waals surface area contributed by atoms with Crippen molar-refractivity contribution >= 4 is 18.5 Å². The fraction of sp³-hybridized carbons (Fsp3) is 0.467. The fourth-order valence-electron chi connectivity index (χ4n) is 1.43. The Labute approximate surface area is 113 Å². The molecule has 0 aliphatic carbocycles. The molecule has 0 atom stereocenters. The number of halogens is 1. The maximum atomic E-state index is 2.38. The van der Waals surface area contributed by atoms with E-state index in [9.17, 15) is 0 Å². The third-order valence-electron chi connectivity index (χ3n) is 2.50. The van der Waals surface area contributed by atoms with Crippen LogP contribution in [0.4, 0.5) is 0 Å². The van der Waals surface area contributed by atoms with Crippen LogP contribution < -0.4 is 0 Å². The van der Waals surface area contributed by atoms with Crippen molar-refractivity contribution in [3.05, 3.63) is 42.0 Å². The highest BCUT2D eigenvalue weighted by Crippen LogP contribution is 1.99. The molecule has 0 aliphatic heterocycles. The average molecular weight is 256 g/mol. The summed E-state index contributed by atoms with van der Waals surface area (Å²) in [6.45, 7) is 12.1. The van der Waals surface area contributed by atoms with Gasteiger partial charge >= 0.3 is 0 Å². The van der Waals surface area contributed by atoms with E-state index >= 15 is 0 Å². The molecule has 0 bridgehead atoms. The van der Waals surface area contributed by atoms with Gasteiger partial charge in [0.05, 0.1) is 0 Å². The monoisotopic (exact) mass is 255 g/mol. The lowest BCUT2D eigenvalue weighted by molar-refractivity contribution is 0.321. The van der Waals surface area contributed by atoms with E-state index in [1.165, 1.54) is 25.2 Å². The molecule has 1 aromatic rings. The molecule has 0 amide bonds. The number of hydrogen-bond acceptors (Lipinski definition) is 1. The molecule has 0 aromatic heterocycles. The predicted molar refractivity (Wildman–Crippen MR) is 81.9 cm³/mol. The minimum absolute atomic E-state index is 0. The number of allylic oxidation sites excluding steroid dienone is 1. The Morgan fingerprint density at radius 2 is 1.41 bits per heavy atom. The van der Waals surface area contributed by atoms with Gasteiger partial charge in [-0.1, -0.05) is 63.3 Å². The van der Waals surface area contributed by atoms with E-state index in [-0.39, 0.29) is 12.4 Å². The van der Waals surface area contributed by atoms with Crippen molar-refractivity contribution in [3.63, 3.8) is 0 Å². The molecular weight excluding hydrogens is 230 g/mol. The van der Waals surface area contributed by atoms with Crippen molar-refractivity contribution in [1.29, 1.82) is 0 Å². The van der Waals surface area contributed by atoms with E-state index in [0.29, 0.717) is 0 Å². The van der Waals surface area contributed by atoms with Crippen LogP contribution in [-0.4, -0.2) is 24.5 Å². The molecule has 17 heavy (non-hydrogen) atoms. The van der Waals surface area contributed by atoms with Crippen molar-refractivity contribution in [2.75, 3.05) is 19.6 Å². The van der Waals surface area contributed by atoms with Gasteiger partial charge in [0.1, 0.15) is 0 Å². The minimum Gasteiger partial charge on any atom is -0.304 e. The Kier molecular flexibility index (Phi) is 14.5. The SMILES string of the molecule is CC=Cc1ccccc1.CCN(CC)CC.Cl. The highest BCUT2D eigenvalue weighted by Gasteiger charge is 1.89. The first-order valence-electron chi connectivity index (χ1n) is 6.18. The van der Waals surface area contributed by atoms with Gasteiger partial charge in [0.2, 0.25) is 0 Å². The lowest BCUT2D eigenvalue weighted by Gasteiger charge is -2.13. The quantitative estimate of drug-likeness (QED) is 0.766. The fourth-order valence-corrected chi connectivity index (χ4v) is 1.43. The lowest BCUT2D eigenvalue weighted by atomic mass is 10.2. The molecule has 2 heteroatoms. The summed E-state index contributed by atoms with van der Waals surface area (Å²) in [6.07, 6.45) is 4.12. The number of nitrogens with zero attached hydrogens (tertiary/aromatic N) is 1. The summed E-state index contributed by atoms with van der Waals surface area (Å²) in [5, 5.41) is 0. The van der Waals surface area contributed by atoms with E-state index in [1.54, 1.807) is 0 Å². The average Bonchev–Trinajstić information content (AvgIpc) is 2.34. The summed E-state index contributed by atoms with van der Waals surface area (Å²) in [6, 6.07) is 10.3. The Hall–Kier alpha value is -0.790. The topological polar surface area (TPSA) is 3.24 Å². The Morgan fingerprint density at radius 1 is 0.941 bits per heavy atom. The lowest BCUT2D eigenvalue weighted by Crippen LogP contribution is -2.21. The summed E-state index contributed by atoms with van der Waals surface area (Å²) < 4.78 is 0. The van der Waals surface area contributed by atoms with Crippen LogP contribution in [0, 0.1) is 0 Å². The van der Waals surface area contributed by atoms with Crippen LogP contribution in [0.25, 0.3) is 6.08 Å². The zero-order valence-corrected chi connectivity index (χ0v) is 12.3. The molecule has 98 valence electrons. The van der Waals surface area contributed by atoms with Gasteiger partial charge in [-0.15, -0.1) is 12.4 Å². The Balaban J connectivity index is 0. The summed E-state index contributed by atoms with van der Waals surface area (Å²) in [5.41, 5.74) is 1.26. The molecule has 1 nitrogen and oxygen atoms in total. The van der Waals surface area contributed by atoms with Gasteiger partial charge in [-0.25, -0.2) is 0 Å². The molecule has 0 aliphatic rings. The van der Waals surface area contributed by atoms with Crippen molar-refractivity contribution in [3.8, 4) is 0 Å². The standard InChI is InChI=1S/C9H10.C6H15N.ClH/c1-2-6-9-7-4-3-5-8-9;1-4-7(5-2)6-3;/h2-8H,1H3;4-6H2,1-3H3;1H. The van der Waals surface area contributed by atoms with Gasteiger partial charge in [0.25, 0.3) is 0 Å². The van der Waals surface area contributed by atoms with E-state index in [1.807, 2.05) is 31.2 Å². The van der Waals surface area contributed by atoms with Gasteiger partial charge < -0.3 is 4.90 Å². The molecule has 1 rings (SSSR count). The maximum absolute atomic E-state index is 2.38. The van der Waals surface area contributed by atoms with Gasteiger partial charge in [-0.05, 0) is 32.1 Å². The third-order valence-corrected chi connectivity index (χ3v) is 2.50. The smallest absolute Gasteiger partial charge is 0.00474 e. The number of hydrogen-bond donors (Lipinski definition) is 0. The largest absolute Gasteiger partial charge is 0.304 e. The summed E-state index contributed by atoms with van der Waals surface area (Å²) in [4.78, 5) is 2.38. The van der Waals surface area contributed by atoms with Crippen LogP contribution in [0.15, 0.2) is 36.4 Å². The summed E-state index contributed by atoms with van der Waals surface area (Å²) in [7, 11) is 0. The van der Waals surface area contributed by atoms with Crippen LogP contribution in [0.2, 0.25) is 0 Å². The van der Waals surface area contributed by atoms with Gasteiger partial charge in [-0.3, -0.25) is 0 Å². The van der Waals surface area contributed by atoms with Crippen molar-refractivity contribution in [2.45, 2.75) is 27.7 Å². The molecule has 0 unspecified atom stereocenters. The van der Waals surface area contributed by atoms with Crippen LogP contribution in [0.3, 0.4) is 0 Å². The Morgan fingerprint density at radius 3 is 1.71 bits per heavy atom. The van der Waals surface area contributed by atoms with E-state index in [4.69, 9.17) is 0 Å². The molecule has 0 N–H and O–H groups in total. The first kappa shape index (κ1) is 18.6. The normalized spacial score (nSPS) is 9.71. The van der Waals surface area contributed by atoms with Crippen molar-refractivity contribution in [1.82, 2.24) is 4.90 Å². The number of benzene rings is 1. The number of rotatable bonds is 4. The molecule has 0 saturated carbocycles. The Bertz CT molecular complexity index is 260. The van der Waals surface area contributed by atoms with Crippen molar-refractivity contribution in [2.24, 2.45) is 0 Å². The third kappa shape index (κ3) is 10.1. The second kappa shape index (κ2) is 13.3. The van der Waals surface area contributed by atoms with E-state index in [2.05, 4.69) is 43.9 Å². The zero-order valence-electron chi connectivity index (χ0n) is 11.5. The molecular formula is C15H26ClN. The summed E-state index contributed by atoms with van der Waals surface area (Å²) in [5.74, 6) is 0. The maximum Gasteiger partial charge on any atom is -0.00474 e. The highest BCUT2D eigenvalue weighted by molar-refractivity contribution is 5.85. The second-order valence-electron chi connectivity index (χ2n) is 3.53. The van der Waals surface area contributed by atoms with Crippen LogP contribution in [0.5, 0.6) is 0 Å². The molecule has 0 spiro atoms. The first-order valence-corrected chi connectivity index (χ1v) is 6.18. The zero-order chi connectivity index (χ0) is 12.2. The molecule has 0 fully saturated rings. The second-order valence-corrected chi connectivity index (χ2v) is 3.53. The highest BCUT2D eigenvalue weighted by atomic mass is 35.5. The predicted octanol–water partition coefficient (Wildman–Crippen LogP) is 4.49. The van der Waals surface area contributed by atoms with Crippen LogP contribution >= 0.6 is 12.4 Å². The van der Waals surface area contributed by atoms with E-state index in [0.717, 1.165) is 0 Å². The molecule has 0 saturated heterocycles. The molecule has 0 radical (unpaired) electrons. The molecule has 1 aromatic carbocycles. The molecule has 0 heterocycles. The summed E-state index contributed by atoms with van der Waals surface area (Å²) >= 11 is 0. The van der Waals surface area contributed by atoms with Gasteiger partial charge in [0, 0.05) is 0 Å². The van der Waals surface area contributed by atoms with Gasteiger partial charge in [-0.2, -0.15) is 0 Å². The van der Waals surface area contributed by atoms with Crippen LogP contribution in [-0.2, 0) is 0 Å². The van der Waals surface area contributed by atoms with Crippen LogP contribution in [0.1, 0.15) is 33.3 Å². The van der Waals surface area contributed by atoms with E-state index < -0.39 is 0 Å².